The van der Waals surface area contributed by atoms with E-state index >= 15 is 0 Å². The highest BCUT2D eigenvalue weighted by Gasteiger charge is 2.31. The van der Waals surface area contributed by atoms with Crippen molar-refractivity contribution < 1.29 is 0 Å². The predicted octanol–water partition coefficient (Wildman–Crippen LogP) is 2.50. The van der Waals surface area contributed by atoms with E-state index in [1.165, 1.54) is 42.5 Å². The van der Waals surface area contributed by atoms with Gasteiger partial charge in [-0.2, -0.15) is 0 Å². The molecule has 2 heteroatoms. The van der Waals surface area contributed by atoms with Gasteiger partial charge in [0.15, 0.2) is 0 Å². The standard InChI is InChI=1S/C19H24BN/c1-19(17-7-9-18(20)10-8-17)11-13-21(14-12-19)15-16-5-3-2-4-6-16/h2-10H,11-15,20H2,1H3. The van der Waals surface area contributed by atoms with Gasteiger partial charge < -0.3 is 0 Å². The van der Waals surface area contributed by atoms with Crippen LogP contribution in [0.25, 0.3) is 0 Å². The van der Waals surface area contributed by atoms with Gasteiger partial charge in [0.25, 0.3) is 0 Å². The Kier molecular flexibility index (Phi) is 4.16. The number of nitrogens with zero attached hydrogens (tertiary/aromatic N) is 1. The van der Waals surface area contributed by atoms with E-state index in [1.807, 2.05) is 0 Å². The van der Waals surface area contributed by atoms with Crippen molar-refractivity contribution >= 4 is 13.3 Å². The van der Waals surface area contributed by atoms with Crippen molar-refractivity contribution in [3.63, 3.8) is 0 Å². The number of likely N-dealkylation sites (tertiary alicyclic amines) is 1. The Morgan fingerprint density at radius 1 is 0.952 bits per heavy atom. The highest BCUT2D eigenvalue weighted by Crippen LogP contribution is 2.35. The number of hydrogen-bond donors (Lipinski definition) is 0. The molecule has 0 N–H and O–H groups in total. The number of rotatable bonds is 3. The molecule has 2 aromatic rings. The molecule has 0 bridgehead atoms. The third-order valence-electron chi connectivity index (χ3n) is 4.96. The minimum absolute atomic E-state index is 0.348. The van der Waals surface area contributed by atoms with Gasteiger partial charge in [0.1, 0.15) is 7.85 Å². The molecule has 1 heterocycles. The zero-order chi connectivity index (χ0) is 14.7. The van der Waals surface area contributed by atoms with Gasteiger partial charge in [0, 0.05) is 6.54 Å². The normalized spacial score (nSPS) is 18.5. The first kappa shape index (κ1) is 14.4. The summed E-state index contributed by atoms with van der Waals surface area (Å²) >= 11 is 0. The van der Waals surface area contributed by atoms with E-state index in [0.29, 0.717) is 5.41 Å². The van der Waals surface area contributed by atoms with Crippen molar-refractivity contribution in [1.29, 1.82) is 0 Å². The molecule has 0 amide bonds. The maximum atomic E-state index is 2.59. The van der Waals surface area contributed by atoms with Crippen molar-refractivity contribution in [2.24, 2.45) is 0 Å². The van der Waals surface area contributed by atoms with Crippen LogP contribution in [0.5, 0.6) is 0 Å². The molecule has 2 aromatic carbocycles. The molecule has 1 aliphatic heterocycles. The first-order valence-corrected chi connectivity index (χ1v) is 7.99. The SMILES string of the molecule is Bc1ccc(C2(C)CCN(Cc3ccccc3)CC2)cc1. The van der Waals surface area contributed by atoms with Gasteiger partial charge in [0.05, 0.1) is 0 Å². The van der Waals surface area contributed by atoms with Gasteiger partial charge in [-0.15, -0.1) is 0 Å². The zero-order valence-corrected chi connectivity index (χ0v) is 13.2. The van der Waals surface area contributed by atoms with Crippen LogP contribution in [-0.4, -0.2) is 25.8 Å². The monoisotopic (exact) mass is 277 g/mol. The molecule has 0 spiro atoms. The summed E-state index contributed by atoms with van der Waals surface area (Å²) in [5, 5.41) is 0. The molecule has 0 atom stereocenters. The van der Waals surface area contributed by atoms with E-state index in [1.54, 1.807) is 0 Å². The zero-order valence-electron chi connectivity index (χ0n) is 13.2. The van der Waals surface area contributed by atoms with Gasteiger partial charge in [-0.1, -0.05) is 67.0 Å². The second kappa shape index (κ2) is 6.07. The first-order chi connectivity index (χ1) is 10.2. The molecular weight excluding hydrogens is 253 g/mol. The molecule has 1 saturated heterocycles. The minimum atomic E-state index is 0.348. The molecule has 0 aromatic heterocycles. The predicted molar refractivity (Wildman–Crippen MR) is 92.9 cm³/mol. The Morgan fingerprint density at radius 2 is 1.57 bits per heavy atom. The fraction of sp³-hybridized carbons (Fsp3) is 0.368. The maximum absolute atomic E-state index is 2.59. The maximum Gasteiger partial charge on any atom is 0.139 e. The lowest BCUT2D eigenvalue weighted by Crippen LogP contribution is -2.40. The molecule has 0 aliphatic carbocycles. The summed E-state index contributed by atoms with van der Waals surface area (Å²) < 4.78 is 0. The number of benzene rings is 2. The lowest BCUT2D eigenvalue weighted by molar-refractivity contribution is 0.162. The Bertz CT molecular complexity index is 568. The Balaban J connectivity index is 1.63. The van der Waals surface area contributed by atoms with Crippen molar-refractivity contribution in [2.45, 2.75) is 31.7 Å². The summed E-state index contributed by atoms with van der Waals surface area (Å²) in [7, 11) is 2.16. The average molecular weight is 277 g/mol. The summed E-state index contributed by atoms with van der Waals surface area (Å²) in [6.45, 7) is 5.90. The third kappa shape index (κ3) is 3.38. The molecular formula is C19H24BN. The van der Waals surface area contributed by atoms with Gasteiger partial charge in [-0.05, 0) is 42.5 Å². The van der Waals surface area contributed by atoms with Crippen LogP contribution in [0.15, 0.2) is 54.6 Å². The first-order valence-electron chi connectivity index (χ1n) is 7.99. The highest BCUT2D eigenvalue weighted by molar-refractivity contribution is 6.32. The average Bonchev–Trinajstić information content (AvgIpc) is 2.51. The molecule has 1 fully saturated rings. The summed E-state index contributed by atoms with van der Waals surface area (Å²) in [6, 6.07) is 20.0. The summed E-state index contributed by atoms with van der Waals surface area (Å²) in [6.07, 6.45) is 2.51. The van der Waals surface area contributed by atoms with Crippen LogP contribution in [0.2, 0.25) is 0 Å². The molecule has 1 nitrogen and oxygen atoms in total. The molecule has 1 aliphatic rings. The van der Waals surface area contributed by atoms with Crippen LogP contribution in [0.1, 0.15) is 30.9 Å². The Morgan fingerprint density at radius 3 is 2.19 bits per heavy atom. The largest absolute Gasteiger partial charge is 0.299 e. The molecule has 108 valence electrons. The lowest BCUT2D eigenvalue weighted by atomic mass is 9.74. The van der Waals surface area contributed by atoms with E-state index in [-0.39, 0.29) is 0 Å². The van der Waals surface area contributed by atoms with Crippen LogP contribution in [0.3, 0.4) is 0 Å². The topological polar surface area (TPSA) is 3.24 Å². The Hall–Kier alpha value is -1.54. The molecule has 0 unspecified atom stereocenters. The quantitative estimate of drug-likeness (QED) is 0.779. The Labute approximate surface area is 129 Å². The third-order valence-corrected chi connectivity index (χ3v) is 4.96. The van der Waals surface area contributed by atoms with Crippen LogP contribution < -0.4 is 5.46 Å². The minimum Gasteiger partial charge on any atom is -0.299 e. The van der Waals surface area contributed by atoms with Crippen molar-refractivity contribution in [3.8, 4) is 0 Å². The van der Waals surface area contributed by atoms with E-state index in [0.717, 1.165) is 6.54 Å². The van der Waals surface area contributed by atoms with Gasteiger partial charge in [-0.25, -0.2) is 0 Å². The van der Waals surface area contributed by atoms with Crippen molar-refractivity contribution in [1.82, 2.24) is 4.90 Å². The molecule has 0 saturated carbocycles. The molecule has 21 heavy (non-hydrogen) atoms. The number of hydrogen-bond acceptors (Lipinski definition) is 1. The fourth-order valence-corrected chi connectivity index (χ4v) is 3.29. The summed E-state index contributed by atoms with van der Waals surface area (Å²) in [5.74, 6) is 0. The highest BCUT2D eigenvalue weighted by atomic mass is 15.1. The van der Waals surface area contributed by atoms with Crippen molar-refractivity contribution in [3.05, 3.63) is 65.7 Å². The van der Waals surface area contributed by atoms with E-state index in [2.05, 4.69) is 74.3 Å². The lowest BCUT2D eigenvalue weighted by Gasteiger charge is -2.40. The van der Waals surface area contributed by atoms with Crippen molar-refractivity contribution in [2.75, 3.05) is 13.1 Å². The van der Waals surface area contributed by atoms with E-state index in [9.17, 15) is 0 Å². The molecule has 0 radical (unpaired) electrons. The van der Waals surface area contributed by atoms with Crippen LogP contribution >= 0.6 is 0 Å². The van der Waals surface area contributed by atoms with Crippen LogP contribution in [0.4, 0.5) is 0 Å². The van der Waals surface area contributed by atoms with Crippen LogP contribution in [0, 0.1) is 0 Å². The second-order valence-corrected chi connectivity index (χ2v) is 6.69. The van der Waals surface area contributed by atoms with Gasteiger partial charge in [0.2, 0.25) is 0 Å². The summed E-state index contributed by atoms with van der Waals surface area (Å²) in [5.41, 5.74) is 4.63. The smallest absolute Gasteiger partial charge is 0.139 e. The number of piperidine rings is 1. The van der Waals surface area contributed by atoms with E-state index < -0.39 is 0 Å². The second-order valence-electron chi connectivity index (χ2n) is 6.69. The van der Waals surface area contributed by atoms with Crippen LogP contribution in [-0.2, 0) is 12.0 Å². The fourth-order valence-electron chi connectivity index (χ4n) is 3.29. The molecule has 3 rings (SSSR count). The van der Waals surface area contributed by atoms with Gasteiger partial charge >= 0.3 is 0 Å². The summed E-state index contributed by atoms with van der Waals surface area (Å²) in [4.78, 5) is 2.59. The van der Waals surface area contributed by atoms with E-state index in [4.69, 9.17) is 0 Å². The van der Waals surface area contributed by atoms with Gasteiger partial charge in [-0.3, -0.25) is 4.90 Å².